The molecular weight excluding hydrogens is 466 g/mol. The van der Waals surface area contributed by atoms with Gasteiger partial charge in [0, 0.05) is 5.41 Å². The van der Waals surface area contributed by atoms with Gasteiger partial charge in [-0.1, -0.05) is 32.4 Å². The van der Waals surface area contributed by atoms with Gasteiger partial charge in [0.1, 0.15) is 5.69 Å². The van der Waals surface area contributed by atoms with Crippen molar-refractivity contribution in [3.63, 3.8) is 0 Å². The Morgan fingerprint density at radius 2 is 1.47 bits per heavy atom. The summed E-state index contributed by atoms with van der Waals surface area (Å²) >= 11 is 6.12. The van der Waals surface area contributed by atoms with Crippen molar-refractivity contribution in [1.29, 1.82) is 0 Å². The van der Waals surface area contributed by atoms with Gasteiger partial charge in [-0.25, -0.2) is 19.1 Å². The Hall–Kier alpha value is -4.25. The molecule has 176 valence electrons. The number of aromatic carboxylic acids is 3. The summed E-state index contributed by atoms with van der Waals surface area (Å²) in [7, 11) is 0. The molecule has 11 nitrogen and oxygen atoms in total. The molecule has 1 aromatic heterocycles. The molecule has 0 saturated carbocycles. The molecule has 0 aliphatic carbocycles. The lowest BCUT2D eigenvalue weighted by Gasteiger charge is -2.15. The second-order valence-corrected chi connectivity index (χ2v) is 8.70. The number of aromatic nitrogens is 2. The molecule has 3 aromatic rings. The van der Waals surface area contributed by atoms with Gasteiger partial charge in [0.2, 0.25) is 0 Å². The van der Waals surface area contributed by atoms with Crippen LogP contribution in [0.5, 0.6) is 0 Å². The van der Waals surface area contributed by atoms with Gasteiger partial charge in [-0.2, -0.15) is 5.10 Å². The number of rotatable bonds is 6. The number of nitrogens with zero attached hydrogens (tertiary/aromatic N) is 4. The highest BCUT2D eigenvalue weighted by atomic mass is 35.5. The number of carbonyl (C=O) groups is 3. The van der Waals surface area contributed by atoms with Crippen LogP contribution in [0.3, 0.4) is 0 Å². The van der Waals surface area contributed by atoms with Gasteiger partial charge in [-0.15, -0.1) is 10.2 Å². The zero-order valence-corrected chi connectivity index (χ0v) is 19.0. The summed E-state index contributed by atoms with van der Waals surface area (Å²) < 4.78 is 1.18. The summed E-state index contributed by atoms with van der Waals surface area (Å²) in [6, 6.07) is 7.45. The molecule has 0 spiro atoms. The monoisotopic (exact) mass is 485 g/mol. The van der Waals surface area contributed by atoms with Gasteiger partial charge in [0.25, 0.3) is 0 Å². The highest BCUT2D eigenvalue weighted by Crippen LogP contribution is 2.38. The Morgan fingerprint density at radius 1 is 0.912 bits per heavy atom. The molecule has 0 fully saturated rings. The van der Waals surface area contributed by atoms with E-state index in [4.69, 9.17) is 17.3 Å². The number of nitrogen functional groups attached to an aromatic ring is 1. The Morgan fingerprint density at radius 3 is 1.97 bits per heavy atom. The molecule has 34 heavy (non-hydrogen) atoms. The summed E-state index contributed by atoms with van der Waals surface area (Å²) in [5.74, 6) is -3.83. The average Bonchev–Trinajstić information content (AvgIpc) is 3.09. The van der Waals surface area contributed by atoms with Crippen LogP contribution in [-0.4, -0.2) is 43.0 Å². The largest absolute Gasteiger partial charge is 0.478 e. The number of hydrogen-bond acceptors (Lipinski definition) is 7. The van der Waals surface area contributed by atoms with Gasteiger partial charge in [0.15, 0.2) is 11.5 Å². The second kappa shape index (κ2) is 8.94. The van der Waals surface area contributed by atoms with Crippen molar-refractivity contribution in [1.82, 2.24) is 9.78 Å². The normalized spacial score (nSPS) is 11.6. The minimum atomic E-state index is -1.32. The molecule has 12 heteroatoms. The Balaban J connectivity index is 2.21. The molecule has 0 amide bonds. The predicted molar refractivity (Wildman–Crippen MR) is 123 cm³/mol. The number of benzene rings is 2. The van der Waals surface area contributed by atoms with Crippen LogP contribution in [0, 0.1) is 0 Å². The molecule has 0 unspecified atom stereocenters. The van der Waals surface area contributed by atoms with Gasteiger partial charge < -0.3 is 21.1 Å². The smallest absolute Gasteiger partial charge is 0.335 e. The molecule has 0 saturated heterocycles. The highest BCUT2D eigenvalue weighted by Gasteiger charge is 2.27. The van der Waals surface area contributed by atoms with Crippen molar-refractivity contribution in [2.75, 3.05) is 5.73 Å². The standard InChI is InChI=1S/C22H20ClN5O6/c1-22(2,3)17-16(26-25-15-9-10(19(29)30)4-5-14(15)23)18(24)28(27-17)13-7-11(20(31)32)6-12(8-13)21(33)34/h4-9H,24H2,1-3H3,(H,29,30)(H,31,32)(H,33,34)/b26-25+. The third kappa shape index (κ3) is 4.89. The summed E-state index contributed by atoms with van der Waals surface area (Å²) in [5.41, 5.74) is 5.86. The first-order chi connectivity index (χ1) is 15.8. The number of carboxylic acid groups (broad SMARTS) is 3. The molecule has 0 radical (unpaired) electrons. The van der Waals surface area contributed by atoms with Crippen LogP contribution in [0.25, 0.3) is 5.69 Å². The van der Waals surface area contributed by atoms with Crippen LogP contribution in [0.1, 0.15) is 57.5 Å². The van der Waals surface area contributed by atoms with E-state index in [1.807, 2.05) is 20.8 Å². The summed E-state index contributed by atoms with van der Waals surface area (Å²) in [6.45, 7) is 5.52. The van der Waals surface area contributed by atoms with Gasteiger partial charge >= 0.3 is 17.9 Å². The number of azo groups is 1. The average molecular weight is 486 g/mol. The Bertz CT molecular complexity index is 1320. The maximum Gasteiger partial charge on any atom is 0.335 e. The highest BCUT2D eigenvalue weighted by molar-refractivity contribution is 6.33. The molecular formula is C22H20ClN5O6. The van der Waals surface area contributed by atoms with Gasteiger partial charge in [-0.05, 0) is 36.4 Å². The maximum absolute atomic E-state index is 11.5. The van der Waals surface area contributed by atoms with Crippen LogP contribution >= 0.6 is 11.6 Å². The number of anilines is 1. The zero-order valence-electron chi connectivity index (χ0n) is 18.3. The van der Waals surface area contributed by atoms with E-state index in [0.29, 0.717) is 5.69 Å². The minimum absolute atomic E-state index is 0.0296. The van der Waals surface area contributed by atoms with Crippen LogP contribution in [0.15, 0.2) is 46.6 Å². The quantitative estimate of drug-likeness (QED) is 0.355. The van der Waals surface area contributed by atoms with Crippen molar-refractivity contribution >= 4 is 46.7 Å². The molecule has 0 atom stereocenters. The third-order valence-corrected chi connectivity index (χ3v) is 5.03. The fraction of sp³-hybridized carbons (Fsp3) is 0.182. The lowest BCUT2D eigenvalue weighted by Crippen LogP contribution is -2.13. The van der Waals surface area contributed by atoms with Crippen molar-refractivity contribution in [2.45, 2.75) is 26.2 Å². The lowest BCUT2D eigenvalue weighted by atomic mass is 9.91. The van der Waals surface area contributed by atoms with E-state index >= 15 is 0 Å². The van der Waals surface area contributed by atoms with Crippen LogP contribution in [-0.2, 0) is 5.41 Å². The summed E-state index contributed by atoms with van der Waals surface area (Å²) in [6.07, 6.45) is 0. The predicted octanol–water partition coefficient (Wildman–Crippen LogP) is 4.92. The summed E-state index contributed by atoms with van der Waals surface area (Å²) in [4.78, 5) is 34.3. The third-order valence-electron chi connectivity index (χ3n) is 4.71. The topological polar surface area (TPSA) is 180 Å². The Labute approximate surface area is 198 Å². The van der Waals surface area contributed by atoms with E-state index < -0.39 is 23.3 Å². The fourth-order valence-electron chi connectivity index (χ4n) is 3.03. The lowest BCUT2D eigenvalue weighted by molar-refractivity contribution is 0.0682. The van der Waals surface area contributed by atoms with E-state index in [2.05, 4.69) is 15.3 Å². The van der Waals surface area contributed by atoms with Crippen molar-refractivity contribution < 1.29 is 29.7 Å². The SMILES string of the molecule is CC(C)(C)c1nn(-c2cc(C(=O)O)cc(C(=O)O)c2)c(N)c1/N=N/c1cc(C(=O)O)ccc1Cl. The first-order valence-corrected chi connectivity index (χ1v) is 10.1. The second-order valence-electron chi connectivity index (χ2n) is 8.29. The number of halogens is 1. The van der Waals surface area contributed by atoms with Crippen LogP contribution in [0.2, 0.25) is 5.02 Å². The zero-order chi connectivity index (χ0) is 25.4. The molecule has 0 aliphatic heterocycles. The van der Waals surface area contributed by atoms with Crippen molar-refractivity contribution in [2.24, 2.45) is 10.2 Å². The van der Waals surface area contributed by atoms with Crippen molar-refractivity contribution in [3.05, 3.63) is 63.8 Å². The fourth-order valence-corrected chi connectivity index (χ4v) is 3.19. The number of nitrogens with two attached hydrogens (primary N) is 1. The summed E-state index contributed by atoms with van der Waals surface area (Å²) in [5, 5.41) is 40.8. The van der Waals surface area contributed by atoms with Crippen LogP contribution in [0.4, 0.5) is 17.2 Å². The number of carboxylic acids is 3. The van der Waals surface area contributed by atoms with Crippen LogP contribution < -0.4 is 5.73 Å². The van der Waals surface area contributed by atoms with E-state index in [-0.39, 0.29) is 44.6 Å². The van der Waals surface area contributed by atoms with Gasteiger partial charge in [-0.3, -0.25) is 0 Å². The van der Waals surface area contributed by atoms with E-state index in [1.54, 1.807) is 0 Å². The molecule has 1 heterocycles. The Kier molecular flexibility index (Phi) is 6.42. The first-order valence-electron chi connectivity index (χ1n) is 9.75. The first kappa shape index (κ1) is 24.4. The van der Waals surface area contributed by atoms with E-state index in [0.717, 1.165) is 6.07 Å². The molecule has 2 aromatic carbocycles. The molecule has 5 N–H and O–H groups in total. The molecule has 3 rings (SSSR count). The number of hydrogen-bond donors (Lipinski definition) is 4. The maximum atomic E-state index is 11.5. The van der Waals surface area contributed by atoms with E-state index in [1.165, 1.54) is 35.0 Å². The minimum Gasteiger partial charge on any atom is -0.478 e. The van der Waals surface area contributed by atoms with E-state index in [9.17, 15) is 29.7 Å². The molecule has 0 bridgehead atoms. The molecule has 0 aliphatic rings. The van der Waals surface area contributed by atoms with Crippen molar-refractivity contribution in [3.8, 4) is 5.69 Å². The van der Waals surface area contributed by atoms with Gasteiger partial charge in [0.05, 0.1) is 33.1 Å².